The summed E-state index contributed by atoms with van der Waals surface area (Å²) in [5.74, 6) is 0.788. The third-order valence-corrected chi connectivity index (χ3v) is 5.77. The lowest BCUT2D eigenvalue weighted by Crippen LogP contribution is -2.14. The van der Waals surface area contributed by atoms with E-state index in [2.05, 4.69) is 28.9 Å². The minimum Gasteiger partial charge on any atom is -0.316 e. The average molecular weight is 345 g/mol. The first-order valence-corrected chi connectivity index (χ1v) is 9.73. The van der Waals surface area contributed by atoms with Crippen LogP contribution in [0.2, 0.25) is 0 Å². The second kappa shape index (κ2) is 6.91. The number of anilines is 1. The number of aromatic nitrogens is 1. The van der Waals surface area contributed by atoms with Crippen LogP contribution in [0.5, 0.6) is 0 Å². The number of nitrogens with one attached hydrogen (secondary N) is 2. The second-order valence-electron chi connectivity index (χ2n) is 6.49. The summed E-state index contributed by atoms with van der Waals surface area (Å²) in [6, 6.07) is 10.7. The first kappa shape index (κ1) is 16.9. The standard InChI is InChI=1S/C18H23N3O2S/c1-13(2)14-3-6-17(7-4-14)24(22,23)21-16-5-8-18(20-12-16)15-9-10-19-11-15/h3-8,12-13,15,19,21H,9-11H2,1-2H3. The Morgan fingerprint density at radius 1 is 1.17 bits per heavy atom. The first-order valence-electron chi connectivity index (χ1n) is 8.25. The molecule has 1 aliphatic heterocycles. The van der Waals surface area contributed by atoms with E-state index in [9.17, 15) is 8.42 Å². The van der Waals surface area contributed by atoms with E-state index in [0.717, 1.165) is 30.8 Å². The van der Waals surface area contributed by atoms with E-state index in [1.807, 2.05) is 18.2 Å². The average Bonchev–Trinajstić information content (AvgIpc) is 3.10. The van der Waals surface area contributed by atoms with Crippen LogP contribution in [0.15, 0.2) is 47.5 Å². The lowest BCUT2D eigenvalue weighted by atomic mass is 10.0. The van der Waals surface area contributed by atoms with Gasteiger partial charge in [-0.1, -0.05) is 26.0 Å². The van der Waals surface area contributed by atoms with Crippen molar-refractivity contribution in [3.63, 3.8) is 0 Å². The molecule has 2 N–H and O–H groups in total. The maximum Gasteiger partial charge on any atom is 0.261 e. The van der Waals surface area contributed by atoms with Crippen molar-refractivity contribution in [3.05, 3.63) is 53.9 Å². The molecule has 128 valence electrons. The van der Waals surface area contributed by atoms with Crippen LogP contribution in [0.1, 0.15) is 43.4 Å². The number of nitrogens with zero attached hydrogens (tertiary/aromatic N) is 1. The van der Waals surface area contributed by atoms with Crippen molar-refractivity contribution in [1.82, 2.24) is 10.3 Å². The zero-order valence-electron chi connectivity index (χ0n) is 14.0. The van der Waals surface area contributed by atoms with Crippen LogP contribution in [0, 0.1) is 0 Å². The van der Waals surface area contributed by atoms with Gasteiger partial charge in [0.2, 0.25) is 0 Å². The number of benzene rings is 1. The van der Waals surface area contributed by atoms with Crippen LogP contribution >= 0.6 is 0 Å². The Labute approximate surface area is 143 Å². The van der Waals surface area contributed by atoms with Gasteiger partial charge >= 0.3 is 0 Å². The highest BCUT2D eigenvalue weighted by Gasteiger charge is 2.19. The summed E-state index contributed by atoms with van der Waals surface area (Å²) in [6.45, 7) is 6.09. The molecule has 1 unspecified atom stereocenters. The van der Waals surface area contributed by atoms with Crippen molar-refractivity contribution < 1.29 is 8.42 Å². The highest BCUT2D eigenvalue weighted by atomic mass is 32.2. The number of hydrogen-bond donors (Lipinski definition) is 2. The summed E-state index contributed by atoms with van der Waals surface area (Å²) in [5, 5.41) is 3.31. The van der Waals surface area contributed by atoms with Crippen LogP contribution in [0.4, 0.5) is 5.69 Å². The maximum absolute atomic E-state index is 12.5. The number of rotatable bonds is 5. The van der Waals surface area contributed by atoms with Crippen molar-refractivity contribution in [3.8, 4) is 0 Å². The molecule has 1 atom stereocenters. The summed E-state index contributed by atoms with van der Waals surface area (Å²) in [4.78, 5) is 4.67. The van der Waals surface area contributed by atoms with Crippen molar-refractivity contribution >= 4 is 15.7 Å². The van der Waals surface area contributed by atoms with Crippen molar-refractivity contribution in [1.29, 1.82) is 0 Å². The topological polar surface area (TPSA) is 71.1 Å². The number of sulfonamides is 1. The maximum atomic E-state index is 12.5. The molecule has 24 heavy (non-hydrogen) atoms. The molecule has 1 aromatic carbocycles. The quantitative estimate of drug-likeness (QED) is 0.873. The molecule has 3 rings (SSSR count). The Kier molecular flexibility index (Phi) is 4.87. The Morgan fingerprint density at radius 2 is 1.92 bits per heavy atom. The SMILES string of the molecule is CC(C)c1ccc(S(=O)(=O)Nc2ccc(C3CCNC3)nc2)cc1. The second-order valence-corrected chi connectivity index (χ2v) is 8.17. The Balaban J connectivity index is 1.73. The molecule has 0 saturated carbocycles. The summed E-state index contributed by atoms with van der Waals surface area (Å²) in [6.07, 6.45) is 2.66. The molecule has 1 aliphatic rings. The minimum absolute atomic E-state index is 0.260. The predicted molar refractivity (Wildman–Crippen MR) is 95.8 cm³/mol. The molecule has 2 aromatic rings. The van der Waals surface area contributed by atoms with E-state index in [-0.39, 0.29) is 4.90 Å². The van der Waals surface area contributed by atoms with E-state index in [0.29, 0.717) is 17.5 Å². The molecule has 2 heterocycles. The van der Waals surface area contributed by atoms with Gasteiger partial charge in [-0.3, -0.25) is 9.71 Å². The largest absolute Gasteiger partial charge is 0.316 e. The van der Waals surface area contributed by atoms with Gasteiger partial charge in [-0.05, 0) is 48.7 Å². The van der Waals surface area contributed by atoms with Crippen molar-refractivity contribution in [2.24, 2.45) is 0 Å². The van der Waals surface area contributed by atoms with Crippen LogP contribution in [0.3, 0.4) is 0 Å². The molecule has 0 spiro atoms. The summed E-state index contributed by atoms with van der Waals surface area (Å²) < 4.78 is 27.5. The van der Waals surface area contributed by atoms with Crippen LogP contribution in [-0.4, -0.2) is 26.5 Å². The monoisotopic (exact) mass is 345 g/mol. The van der Waals surface area contributed by atoms with Gasteiger partial charge in [0.1, 0.15) is 0 Å². The zero-order valence-corrected chi connectivity index (χ0v) is 14.8. The zero-order chi connectivity index (χ0) is 17.2. The summed E-state index contributed by atoms with van der Waals surface area (Å²) in [5.41, 5.74) is 2.60. The van der Waals surface area contributed by atoms with Crippen LogP contribution in [0.25, 0.3) is 0 Å². The van der Waals surface area contributed by atoms with E-state index in [1.54, 1.807) is 24.4 Å². The number of pyridine rings is 1. The molecule has 1 aromatic heterocycles. The Hall–Kier alpha value is -1.92. The highest BCUT2D eigenvalue weighted by molar-refractivity contribution is 7.92. The molecule has 0 radical (unpaired) electrons. The highest BCUT2D eigenvalue weighted by Crippen LogP contribution is 2.23. The third-order valence-electron chi connectivity index (χ3n) is 4.37. The first-order chi connectivity index (χ1) is 11.5. The van der Waals surface area contributed by atoms with Gasteiger partial charge < -0.3 is 5.32 Å². The van der Waals surface area contributed by atoms with Gasteiger partial charge in [0.25, 0.3) is 10.0 Å². The van der Waals surface area contributed by atoms with Gasteiger partial charge in [0, 0.05) is 18.2 Å². The lowest BCUT2D eigenvalue weighted by molar-refractivity contribution is 0.601. The van der Waals surface area contributed by atoms with E-state index < -0.39 is 10.0 Å². The van der Waals surface area contributed by atoms with Gasteiger partial charge in [0.15, 0.2) is 0 Å². The lowest BCUT2D eigenvalue weighted by Gasteiger charge is -2.11. The van der Waals surface area contributed by atoms with Crippen molar-refractivity contribution in [2.45, 2.75) is 37.0 Å². The predicted octanol–water partition coefficient (Wildman–Crippen LogP) is 3.08. The molecule has 0 bridgehead atoms. The Morgan fingerprint density at radius 3 is 2.46 bits per heavy atom. The fraction of sp³-hybridized carbons (Fsp3) is 0.389. The molecular formula is C18H23N3O2S. The van der Waals surface area contributed by atoms with E-state index in [4.69, 9.17) is 0 Å². The summed E-state index contributed by atoms with van der Waals surface area (Å²) >= 11 is 0. The van der Waals surface area contributed by atoms with Gasteiger partial charge in [-0.2, -0.15) is 0 Å². The molecule has 0 amide bonds. The molecular weight excluding hydrogens is 322 g/mol. The minimum atomic E-state index is -3.59. The normalized spacial score (nSPS) is 18.0. The molecule has 0 aliphatic carbocycles. The Bertz CT molecular complexity index is 778. The van der Waals surface area contributed by atoms with Gasteiger partial charge in [-0.15, -0.1) is 0 Å². The molecule has 1 fully saturated rings. The number of hydrogen-bond acceptors (Lipinski definition) is 4. The molecule has 5 nitrogen and oxygen atoms in total. The van der Waals surface area contributed by atoms with Crippen molar-refractivity contribution in [2.75, 3.05) is 17.8 Å². The summed E-state index contributed by atoms with van der Waals surface area (Å²) in [7, 11) is -3.59. The van der Waals surface area contributed by atoms with Crippen LogP contribution in [-0.2, 0) is 10.0 Å². The van der Waals surface area contributed by atoms with Gasteiger partial charge in [-0.25, -0.2) is 8.42 Å². The molecule has 1 saturated heterocycles. The fourth-order valence-electron chi connectivity index (χ4n) is 2.86. The third kappa shape index (κ3) is 3.76. The van der Waals surface area contributed by atoms with Crippen LogP contribution < -0.4 is 10.0 Å². The smallest absolute Gasteiger partial charge is 0.261 e. The molecule has 6 heteroatoms. The van der Waals surface area contributed by atoms with Gasteiger partial charge in [0.05, 0.1) is 16.8 Å². The fourth-order valence-corrected chi connectivity index (χ4v) is 3.90. The van der Waals surface area contributed by atoms with E-state index >= 15 is 0 Å². The van der Waals surface area contributed by atoms with E-state index in [1.165, 1.54) is 0 Å².